The smallest absolute Gasteiger partial charge is 0.335 e. The summed E-state index contributed by atoms with van der Waals surface area (Å²) in [7, 11) is 0. The fourth-order valence-electron chi connectivity index (χ4n) is 2.85. The van der Waals surface area contributed by atoms with E-state index in [-0.39, 0.29) is 5.56 Å². The molecule has 0 radical (unpaired) electrons. The van der Waals surface area contributed by atoms with Crippen molar-refractivity contribution < 1.29 is 5.11 Å². The lowest BCUT2D eigenvalue weighted by Crippen LogP contribution is -2.30. The molecule has 8 heteroatoms. The number of aromatic hydroxyl groups is 1. The first-order valence-corrected chi connectivity index (χ1v) is 9.01. The molecule has 0 spiro atoms. The van der Waals surface area contributed by atoms with Crippen molar-refractivity contribution in [3.8, 4) is 11.6 Å². The van der Waals surface area contributed by atoms with E-state index in [0.29, 0.717) is 16.3 Å². The average Bonchev–Trinajstić information content (AvgIpc) is 3.00. The van der Waals surface area contributed by atoms with Crippen molar-refractivity contribution in [2.24, 2.45) is 4.99 Å². The second-order valence-corrected chi connectivity index (χ2v) is 7.18. The summed E-state index contributed by atoms with van der Waals surface area (Å²) >= 11 is 9.38. The van der Waals surface area contributed by atoms with Crippen LogP contribution in [0.5, 0.6) is 5.88 Å². The zero-order chi connectivity index (χ0) is 19.1. The lowest BCUT2D eigenvalue weighted by molar-refractivity contribution is 0.429. The van der Waals surface area contributed by atoms with E-state index in [1.165, 1.54) is 12.1 Å². The Hall–Kier alpha value is -2.90. The molecule has 2 N–H and O–H groups in total. The Kier molecular flexibility index (Phi) is 4.33. The third-order valence-corrected chi connectivity index (χ3v) is 4.83. The van der Waals surface area contributed by atoms with Crippen LogP contribution in [0.15, 0.2) is 61.5 Å². The van der Waals surface area contributed by atoms with Crippen LogP contribution in [0.2, 0.25) is 5.02 Å². The van der Waals surface area contributed by atoms with Gasteiger partial charge in [-0.1, -0.05) is 33.6 Å². The van der Waals surface area contributed by atoms with Crippen molar-refractivity contribution in [3.05, 3.63) is 83.9 Å². The van der Waals surface area contributed by atoms with Crippen molar-refractivity contribution in [2.45, 2.75) is 0 Å². The van der Waals surface area contributed by atoms with E-state index in [1.807, 2.05) is 18.2 Å². The molecule has 4 rings (SSSR count). The van der Waals surface area contributed by atoms with Crippen molar-refractivity contribution in [1.29, 1.82) is 0 Å². The number of fused-ring (bicyclic) bond motifs is 1. The highest BCUT2D eigenvalue weighted by Gasteiger charge is 2.18. The van der Waals surface area contributed by atoms with E-state index < -0.39 is 17.1 Å². The molecule has 134 valence electrons. The third-order valence-electron chi connectivity index (χ3n) is 4.10. The van der Waals surface area contributed by atoms with Crippen LogP contribution in [0.4, 0.5) is 5.69 Å². The van der Waals surface area contributed by atoms with Gasteiger partial charge in [0.05, 0.1) is 11.4 Å². The molecular weight excluding hydrogens is 434 g/mol. The van der Waals surface area contributed by atoms with Gasteiger partial charge in [-0.25, -0.2) is 9.36 Å². The average molecular weight is 445 g/mol. The first kappa shape index (κ1) is 17.5. The Labute approximate surface area is 166 Å². The van der Waals surface area contributed by atoms with Crippen LogP contribution in [0, 0.1) is 0 Å². The van der Waals surface area contributed by atoms with Crippen molar-refractivity contribution in [3.63, 3.8) is 0 Å². The standard InChI is InChI=1S/C19H11BrClN3O3/c20-11-4-5-16-14(7-11)10(9-22-16)6-15-17(25)23-19(27)24(18(15)26)13-3-1-2-12(21)8-13/h1-9,26H,(H,23,25,27). The minimum Gasteiger partial charge on any atom is -0.494 e. The molecule has 0 aliphatic carbocycles. The molecular formula is C19H11BrClN3O3. The zero-order valence-corrected chi connectivity index (χ0v) is 16.0. The van der Waals surface area contributed by atoms with Crippen molar-refractivity contribution in [1.82, 2.24) is 9.55 Å². The maximum Gasteiger partial charge on any atom is 0.335 e. The Morgan fingerprint density at radius 3 is 2.78 bits per heavy atom. The monoisotopic (exact) mass is 443 g/mol. The first-order chi connectivity index (χ1) is 12.9. The van der Waals surface area contributed by atoms with Gasteiger partial charge in [-0.3, -0.25) is 14.8 Å². The minimum absolute atomic E-state index is 0.0520. The summed E-state index contributed by atoms with van der Waals surface area (Å²) in [5, 5.41) is 11.1. The summed E-state index contributed by atoms with van der Waals surface area (Å²) in [5.41, 5.74) is 1.04. The minimum atomic E-state index is -0.759. The second kappa shape index (κ2) is 6.68. The summed E-state index contributed by atoms with van der Waals surface area (Å²) in [6.45, 7) is 0. The van der Waals surface area contributed by atoms with Crippen LogP contribution in [0.25, 0.3) is 17.3 Å². The van der Waals surface area contributed by atoms with Gasteiger partial charge in [0, 0.05) is 26.8 Å². The van der Waals surface area contributed by atoms with Gasteiger partial charge in [0.15, 0.2) is 0 Å². The van der Waals surface area contributed by atoms with E-state index in [4.69, 9.17) is 11.6 Å². The molecule has 1 aliphatic rings. The molecule has 1 aromatic heterocycles. The number of H-pyrrole nitrogens is 1. The summed E-state index contributed by atoms with van der Waals surface area (Å²) in [4.78, 5) is 31.1. The predicted molar refractivity (Wildman–Crippen MR) is 109 cm³/mol. The largest absolute Gasteiger partial charge is 0.494 e. The molecule has 3 aromatic rings. The SMILES string of the molecule is O=c1[nH]c(=O)n(-c2cccc(Cl)c2)c(O)c1C=C1C=Nc2ccc(Br)cc21. The van der Waals surface area contributed by atoms with E-state index >= 15 is 0 Å². The number of aromatic nitrogens is 2. The Bertz CT molecular complexity index is 1260. The Morgan fingerprint density at radius 2 is 2.00 bits per heavy atom. The van der Waals surface area contributed by atoms with Gasteiger partial charge in [-0.15, -0.1) is 0 Å². The highest BCUT2D eigenvalue weighted by atomic mass is 79.9. The van der Waals surface area contributed by atoms with Gasteiger partial charge < -0.3 is 5.11 Å². The topological polar surface area (TPSA) is 87.5 Å². The van der Waals surface area contributed by atoms with E-state index in [0.717, 1.165) is 20.3 Å². The van der Waals surface area contributed by atoms with Gasteiger partial charge in [0.1, 0.15) is 5.56 Å². The maximum absolute atomic E-state index is 12.3. The summed E-state index contributed by atoms with van der Waals surface area (Å²) in [5.74, 6) is -0.477. The van der Waals surface area contributed by atoms with Crippen molar-refractivity contribution >= 4 is 51.1 Å². The van der Waals surface area contributed by atoms with Crippen LogP contribution >= 0.6 is 27.5 Å². The quantitative estimate of drug-likeness (QED) is 0.628. The van der Waals surface area contributed by atoms with E-state index in [9.17, 15) is 14.7 Å². The number of aliphatic imine (C=N–C) groups is 1. The summed E-state index contributed by atoms with van der Waals surface area (Å²) < 4.78 is 1.85. The second-order valence-electron chi connectivity index (χ2n) is 5.83. The third kappa shape index (κ3) is 3.15. The van der Waals surface area contributed by atoms with Crippen LogP contribution in [-0.4, -0.2) is 20.9 Å². The normalized spacial score (nSPS) is 13.9. The summed E-state index contributed by atoms with van der Waals surface area (Å²) in [6.07, 6.45) is 3.10. The van der Waals surface area contributed by atoms with Crippen LogP contribution < -0.4 is 11.2 Å². The molecule has 27 heavy (non-hydrogen) atoms. The van der Waals surface area contributed by atoms with Gasteiger partial charge in [0.2, 0.25) is 5.88 Å². The lowest BCUT2D eigenvalue weighted by Gasteiger charge is -2.10. The molecule has 0 bridgehead atoms. The molecule has 0 unspecified atom stereocenters. The summed E-state index contributed by atoms with van der Waals surface area (Å²) in [6, 6.07) is 12.0. The molecule has 6 nitrogen and oxygen atoms in total. The fraction of sp³-hybridized carbons (Fsp3) is 0. The molecule has 0 fully saturated rings. The molecule has 0 saturated carbocycles. The van der Waals surface area contributed by atoms with Gasteiger partial charge in [-0.2, -0.15) is 0 Å². The van der Waals surface area contributed by atoms with Crippen molar-refractivity contribution in [2.75, 3.05) is 0 Å². The van der Waals surface area contributed by atoms with Gasteiger partial charge in [-0.05, 0) is 42.5 Å². The highest BCUT2D eigenvalue weighted by molar-refractivity contribution is 9.10. The molecule has 2 aromatic carbocycles. The number of nitrogens with one attached hydrogen (secondary N) is 1. The molecule has 0 amide bonds. The van der Waals surface area contributed by atoms with Crippen LogP contribution in [-0.2, 0) is 0 Å². The number of benzene rings is 2. The number of rotatable bonds is 2. The zero-order valence-electron chi connectivity index (χ0n) is 13.6. The van der Waals surface area contributed by atoms with Crippen LogP contribution in [0.1, 0.15) is 11.1 Å². The Morgan fingerprint density at radius 1 is 1.19 bits per heavy atom. The number of nitrogens with zero attached hydrogens (tertiary/aromatic N) is 2. The number of aromatic amines is 1. The lowest BCUT2D eigenvalue weighted by atomic mass is 10.1. The fourth-order valence-corrected chi connectivity index (χ4v) is 3.40. The number of hydrogen-bond donors (Lipinski definition) is 2. The molecule has 2 heterocycles. The van der Waals surface area contributed by atoms with Gasteiger partial charge >= 0.3 is 5.69 Å². The predicted octanol–water partition coefficient (Wildman–Crippen LogP) is 3.90. The molecule has 1 aliphatic heterocycles. The van der Waals surface area contributed by atoms with Crippen LogP contribution in [0.3, 0.4) is 0 Å². The van der Waals surface area contributed by atoms with Gasteiger partial charge in [0.25, 0.3) is 5.56 Å². The number of hydrogen-bond acceptors (Lipinski definition) is 4. The molecule has 0 saturated heterocycles. The van der Waals surface area contributed by atoms with E-state index in [2.05, 4.69) is 25.9 Å². The number of halogens is 2. The molecule has 0 atom stereocenters. The maximum atomic E-state index is 12.3. The van der Waals surface area contributed by atoms with E-state index in [1.54, 1.807) is 24.4 Å². The highest BCUT2D eigenvalue weighted by Crippen LogP contribution is 2.35. The Balaban J connectivity index is 1.93. The number of allylic oxidation sites excluding steroid dienone is 1. The first-order valence-electron chi connectivity index (χ1n) is 7.84.